The van der Waals surface area contributed by atoms with Crippen LogP contribution in [0.25, 0.3) is 0 Å². The number of nitrogens with zero attached hydrogens (tertiary/aromatic N) is 4. The lowest BCUT2D eigenvalue weighted by Crippen LogP contribution is -2.27. The van der Waals surface area contributed by atoms with Gasteiger partial charge in [0.05, 0.1) is 17.9 Å². The molecule has 0 aliphatic heterocycles. The highest BCUT2D eigenvalue weighted by Gasteiger charge is 2.04. The first-order chi connectivity index (χ1) is 16.7. The maximum absolute atomic E-state index is 12.0. The molecule has 2 heterocycles. The number of nitrogen functional groups attached to an aromatic ring is 1. The Morgan fingerprint density at radius 1 is 0.912 bits per heavy atom. The molecule has 0 atom stereocenters. The minimum atomic E-state index is 0.148. The van der Waals surface area contributed by atoms with Crippen molar-refractivity contribution in [1.29, 1.82) is 0 Å². The number of nitrogens with one attached hydrogen (secondary N) is 2. The van der Waals surface area contributed by atoms with Crippen LogP contribution in [0.5, 0.6) is 0 Å². The molecule has 2 rings (SSSR count). The smallest absolute Gasteiger partial charge is 0.220 e. The number of nitrogens with two attached hydrogens (primary N) is 1. The summed E-state index contributed by atoms with van der Waals surface area (Å²) in [6, 6.07) is 0. The highest BCUT2D eigenvalue weighted by molar-refractivity contribution is 5.75. The second-order valence-electron chi connectivity index (χ2n) is 9.45. The Kier molecular flexibility index (Phi) is 14.8. The molecular formula is C26H47N7O. The predicted octanol–water partition coefficient (Wildman–Crippen LogP) is 5.36. The van der Waals surface area contributed by atoms with Crippen molar-refractivity contribution in [3.63, 3.8) is 0 Å². The average Bonchev–Trinajstić information content (AvgIpc) is 3.46. The number of carbonyl (C=O) groups excluding carboxylic acids is 1. The van der Waals surface area contributed by atoms with E-state index >= 15 is 0 Å². The molecule has 0 spiro atoms. The maximum atomic E-state index is 12.0. The number of aromatic nitrogens is 5. The SMILES string of the molecule is CCCCCCCCCCCCCC(=O)NCCn1cc(CCCCCc2c[nH]c(N)n2)nn1. The largest absolute Gasteiger partial charge is 0.369 e. The van der Waals surface area contributed by atoms with E-state index in [0.29, 0.717) is 25.5 Å². The zero-order valence-electron chi connectivity index (χ0n) is 21.4. The van der Waals surface area contributed by atoms with E-state index in [-0.39, 0.29) is 5.91 Å². The van der Waals surface area contributed by atoms with Crippen LogP contribution in [0.3, 0.4) is 0 Å². The Morgan fingerprint density at radius 3 is 2.18 bits per heavy atom. The molecule has 192 valence electrons. The average molecular weight is 474 g/mol. The third-order valence-corrected chi connectivity index (χ3v) is 6.27. The van der Waals surface area contributed by atoms with Gasteiger partial charge in [-0.15, -0.1) is 5.10 Å². The van der Waals surface area contributed by atoms with Crippen LogP contribution in [0.2, 0.25) is 0 Å². The monoisotopic (exact) mass is 473 g/mol. The molecule has 0 aromatic carbocycles. The summed E-state index contributed by atoms with van der Waals surface area (Å²) in [7, 11) is 0. The van der Waals surface area contributed by atoms with Gasteiger partial charge in [-0.25, -0.2) is 4.98 Å². The van der Waals surface area contributed by atoms with Crippen molar-refractivity contribution in [3.05, 3.63) is 23.8 Å². The molecule has 2 aromatic rings. The van der Waals surface area contributed by atoms with E-state index in [1.54, 1.807) is 0 Å². The third-order valence-electron chi connectivity index (χ3n) is 6.27. The molecule has 1 amide bonds. The molecule has 0 unspecified atom stereocenters. The number of anilines is 1. The molecule has 2 aromatic heterocycles. The summed E-state index contributed by atoms with van der Waals surface area (Å²) in [4.78, 5) is 19.2. The fourth-order valence-electron chi connectivity index (χ4n) is 4.20. The molecule has 0 radical (unpaired) electrons. The van der Waals surface area contributed by atoms with Crippen molar-refractivity contribution >= 4 is 11.9 Å². The maximum Gasteiger partial charge on any atom is 0.220 e. The van der Waals surface area contributed by atoms with Crippen LogP contribution in [0, 0.1) is 0 Å². The van der Waals surface area contributed by atoms with Crippen LogP contribution in [0.15, 0.2) is 12.4 Å². The number of hydrogen-bond donors (Lipinski definition) is 3. The second-order valence-corrected chi connectivity index (χ2v) is 9.45. The molecule has 0 aliphatic rings. The third kappa shape index (κ3) is 13.4. The fourth-order valence-corrected chi connectivity index (χ4v) is 4.20. The summed E-state index contributed by atoms with van der Waals surface area (Å²) < 4.78 is 1.82. The van der Waals surface area contributed by atoms with Gasteiger partial charge in [0.1, 0.15) is 0 Å². The van der Waals surface area contributed by atoms with Gasteiger partial charge in [-0.3, -0.25) is 9.48 Å². The molecule has 8 heteroatoms. The summed E-state index contributed by atoms with van der Waals surface area (Å²) in [5.41, 5.74) is 7.62. The highest BCUT2D eigenvalue weighted by atomic mass is 16.1. The van der Waals surface area contributed by atoms with Gasteiger partial charge in [-0.05, 0) is 32.1 Å². The minimum Gasteiger partial charge on any atom is -0.369 e. The predicted molar refractivity (Wildman–Crippen MR) is 138 cm³/mol. The van der Waals surface area contributed by atoms with Crippen LogP contribution in [-0.2, 0) is 24.2 Å². The van der Waals surface area contributed by atoms with E-state index in [2.05, 4.69) is 32.5 Å². The molecule has 34 heavy (non-hydrogen) atoms. The van der Waals surface area contributed by atoms with Crippen molar-refractivity contribution in [2.24, 2.45) is 0 Å². The van der Waals surface area contributed by atoms with E-state index in [1.807, 2.05) is 17.1 Å². The topological polar surface area (TPSA) is 115 Å². The first kappa shape index (κ1) is 27.9. The quantitative estimate of drug-likeness (QED) is 0.211. The van der Waals surface area contributed by atoms with E-state index in [9.17, 15) is 4.79 Å². The lowest BCUT2D eigenvalue weighted by Gasteiger charge is -2.05. The zero-order valence-corrected chi connectivity index (χ0v) is 21.4. The number of imidazole rings is 1. The van der Waals surface area contributed by atoms with Gasteiger partial charge in [0.15, 0.2) is 5.95 Å². The molecule has 0 aliphatic carbocycles. The normalized spacial score (nSPS) is 11.2. The molecule has 0 bridgehead atoms. The Labute approximate surface area is 205 Å². The number of carbonyl (C=O) groups is 1. The van der Waals surface area contributed by atoms with Crippen LogP contribution in [0.4, 0.5) is 5.95 Å². The lowest BCUT2D eigenvalue weighted by molar-refractivity contribution is -0.121. The van der Waals surface area contributed by atoms with Gasteiger partial charge >= 0.3 is 0 Å². The molecular weight excluding hydrogens is 426 g/mol. The summed E-state index contributed by atoms with van der Waals surface area (Å²) in [6.45, 7) is 3.53. The lowest BCUT2D eigenvalue weighted by atomic mass is 10.1. The Balaban J connectivity index is 1.39. The first-order valence-corrected chi connectivity index (χ1v) is 13.6. The van der Waals surface area contributed by atoms with Gasteiger partial charge in [-0.2, -0.15) is 0 Å². The van der Waals surface area contributed by atoms with Gasteiger partial charge in [0.25, 0.3) is 0 Å². The van der Waals surface area contributed by atoms with E-state index in [0.717, 1.165) is 56.3 Å². The van der Waals surface area contributed by atoms with Crippen LogP contribution < -0.4 is 11.1 Å². The molecule has 0 saturated carbocycles. The Bertz CT molecular complexity index is 771. The van der Waals surface area contributed by atoms with Gasteiger partial charge in [0.2, 0.25) is 5.91 Å². The van der Waals surface area contributed by atoms with Crippen molar-refractivity contribution in [2.45, 2.75) is 123 Å². The molecule has 0 fully saturated rings. The number of aromatic amines is 1. The summed E-state index contributed by atoms with van der Waals surface area (Å²) >= 11 is 0. The highest BCUT2D eigenvalue weighted by Crippen LogP contribution is 2.12. The van der Waals surface area contributed by atoms with E-state index in [1.165, 1.54) is 57.8 Å². The van der Waals surface area contributed by atoms with Crippen LogP contribution in [0.1, 0.15) is 115 Å². The van der Waals surface area contributed by atoms with Gasteiger partial charge in [0, 0.05) is 25.4 Å². The Morgan fingerprint density at radius 2 is 1.53 bits per heavy atom. The standard InChI is InChI=1S/C26H47N7O/c1-2-3-4-5-6-7-8-9-10-11-15-18-25(34)28-19-20-33-22-24(31-32-33)17-14-12-13-16-23-21-29-26(27)30-23/h21-22H,2-20H2,1H3,(H,28,34)(H3,27,29,30). The zero-order chi connectivity index (χ0) is 24.3. The summed E-state index contributed by atoms with van der Waals surface area (Å²) in [6.07, 6.45) is 24.0. The van der Waals surface area contributed by atoms with E-state index < -0.39 is 0 Å². The first-order valence-electron chi connectivity index (χ1n) is 13.6. The number of rotatable bonds is 21. The number of aryl methyl sites for hydroxylation is 2. The number of H-pyrrole nitrogens is 1. The van der Waals surface area contributed by atoms with Crippen LogP contribution >= 0.6 is 0 Å². The number of amides is 1. The molecule has 0 saturated heterocycles. The fraction of sp³-hybridized carbons (Fsp3) is 0.769. The van der Waals surface area contributed by atoms with Gasteiger partial charge in [-0.1, -0.05) is 82.8 Å². The minimum absolute atomic E-state index is 0.148. The Hall–Kier alpha value is -2.38. The second kappa shape index (κ2) is 18.0. The van der Waals surface area contributed by atoms with E-state index in [4.69, 9.17) is 5.73 Å². The van der Waals surface area contributed by atoms with Crippen molar-refractivity contribution in [1.82, 2.24) is 30.3 Å². The molecule has 4 N–H and O–H groups in total. The van der Waals surface area contributed by atoms with Crippen LogP contribution in [-0.4, -0.2) is 37.4 Å². The summed E-state index contributed by atoms with van der Waals surface area (Å²) in [5, 5.41) is 11.4. The van der Waals surface area contributed by atoms with Crippen molar-refractivity contribution in [2.75, 3.05) is 12.3 Å². The van der Waals surface area contributed by atoms with Gasteiger partial charge < -0.3 is 16.0 Å². The van der Waals surface area contributed by atoms with Crippen molar-refractivity contribution in [3.8, 4) is 0 Å². The van der Waals surface area contributed by atoms with Crippen molar-refractivity contribution < 1.29 is 4.79 Å². The molecule has 8 nitrogen and oxygen atoms in total. The number of unbranched alkanes of at least 4 members (excludes halogenated alkanes) is 12. The summed E-state index contributed by atoms with van der Waals surface area (Å²) in [5.74, 6) is 0.631. The number of hydrogen-bond acceptors (Lipinski definition) is 5.